The maximum Gasteiger partial charge on any atom is 0.255 e. The third kappa shape index (κ3) is 3.26. The smallest absolute Gasteiger partial charge is 0.255 e. The molecule has 4 aromatic rings. The molecular weight excluding hydrogens is 376 g/mol. The number of carbonyl (C=O) groups excluding carboxylic acids is 1. The van der Waals surface area contributed by atoms with E-state index in [2.05, 4.69) is 38.4 Å². The van der Waals surface area contributed by atoms with Gasteiger partial charge >= 0.3 is 0 Å². The molecule has 0 atom stereocenters. The van der Waals surface area contributed by atoms with Gasteiger partial charge in [-0.2, -0.15) is 0 Å². The third-order valence-electron chi connectivity index (χ3n) is 5.48. The molecule has 0 fully saturated rings. The number of aromatic amines is 1. The van der Waals surface area contributed by atoms with Crippen LogP contribution in [0.1, 0.15) is 15.9 Å². The lowest BCUT2D eigenvalue weighted by Crippen LogP contribution is -2.31. The van der Waals surface area contributed by atoms with Gasteiger partial charge in [0, 0.05) is 43.1 Å². The second-order valence-corrected chi connectivity index (χ2v) is 7.43. The zero-order valence-corrected chi connectivity index (χ0v) is 16.7. The average molecular weight is 398 g/mol. The van der Waals surface area contributed by atoms with E-state index in [9.17, 15) is 4.79 Å². The van der Waals surface area contributed by atoms with Crippen molar-refractivity contribution in [2.75, 3.05) is 25.1 Å². The van der Waals surface area contributed by atoms with Crippen molar-refractivity contribution < 1.29 is 9.53 Å². The molecule has 6 nitrogen and oxygen atoms in total. The second-order valence-electron chi connectivity index (χ2n) is 7.43. The summed E-state index contributed by atoms with van der Waals surface area (Å²) in [6.45, 7) is 1.75. The molecule has 3 heterocycles. The van der Waals surface area contributed by atoms with Gasteiger partial charge in [0.15, 0.2) is 5.75 Å². The Labute approximate surface area is 174 Å². The zero-order chi connectivity index (χ0) is 20.5. The first-order valence-corrected chi connectivity index (χ1v) is 9.96. The standard InChI is InChI=1S/C24H22N4O2/c1-28-10-11-30-23-20(24(29)27-15-16-4-3-8-25-14-16)12-17(13-22(23)28)18-5-2-6-21-19(18)7-9-26-21/h2-9,12-14,26H,10-11,15H2,1H3,(H,27,29). The van der Waals surface area contributed by atoms with Crippen molar-refractivity contribution in [2.45, 2.75) is 6.54 Å². The zero-order valence-electron chi connectivity index (χ0n) is 16.7. The van der Waals surface area contributed by atoms with E-state index in [1.54, 1.807) is 12.4 Å². The fourth-order valence-electron chi connectivity index (χ4n) is 3.90. The summed E-state index contributed by atoms with van der Waals surface area (Å²) in [6, 6.07) is 16.1. The summed E-state index contributed by atoms with van der Waals surface area (Å²) >= 11 is 0. The summed E-state index contributed by atoms with van der Waals surface area (Å²) in [5, 5.41) is 4.13. The van der Waals surface area contributed by atoms with Gasteiger partial charge in [-0.15, -0.1) is 0 Å². The van der Waals surface area contributed by atoms with Crippen LogP contribution in [0, 0.1) is 0 Å². The van der Waals surface area contributed by atoms with Crippen molar-refractivity contribution in [2.24, 2.45) is 0 Å². The quantitative estimate of drug-likeness (QED) is 0.545. The van der Waals surface area contributed by atoms with Gasteiger partial charge in [0.1, 0.15) is 6.61 Å². The fraction of sp³-hybridized carbons (Fsp3) is 0.167. The molecule has 30 heavy (non-hydrogen) atoms. The molecule has 2 N–H and O–H groups in total. The Bertz CT molecular complexity index is 1220. The molecule has 1 aliphatic rings. The van der Waals surface area contributed by atoms with Gasteiger partial charge in [0.25, 0.3) is 5.91 Å². The topological polar surface area (TPSA) is 70.2 Å². The van der Waals surface area contributed by atoms with E-state index in [1.165, 1.54) is 0 Å². The van der Waals surface area contributed by atoms with Crippen LogP contribution in [0.4, 0.5) is 5.69 Å². The normalized spacial score (nSPS) is 13.0. The van der Waals surface area contributed by atoms with E-state index in [0.717, 1.165) is 39.8 Å². The van der Waals surface area contributed by atoms with E-state index in [1.807, 2.05) is 43.6 Å². The number of carbonyl (C=O) groups is 1. The summed E-state index contributed by atoms with van der Waals surface area (Å²) in [7, 11) is 2.03. The molecule has 0 aliphatic carbocycles. The van der Waals surface area contributed by atoms with Crippen LogP contribution in [0.3, 0.4) is 0 Å². The maximum atomic E-state index is 13.2. The molecule has 5 rings (SSSR count). The Balaban J connectivity index is 1.57. The van der Waals surface area contributed by atoms with E-state index in [4.69, 9.17) is 4.74 Å². The van der Waals surface area contributed by atoms with E-state index in [0.29, 0.717) is 24.5 Å². The molecule has 0 saturated carbocycles. The van der Waals surface area contributed by atoms with Crippen LogP contribution in [0.15, 0.2) is 67.1 Å². The van der Waals surface area contributed by atoms with Crippen LogP contribution < -0.4 is 15.0 Å². The molecule has 0 radical (unpaired) electrons. The lowest BCUT2D eigenvalue weighted by Gasteiger charge is -2.30. The summed E-state index contributed by atoms with van der Waals surface area (Å²) < 4.78 is 5.94. The highest BCUT2D eigenvalue weighted by molar-refractivity contribution is 6.03. The van der Waals surface area contributed by atoms with Crippen LogP contribution in [-0.2, 0) is 6.54 Å². The Morgan fingerprint density at radius 3 is 3.03 bits per heavy atom. The summed E-state index contributed by atoms with van der Waals surface area (Å²) in [4.78, 5) is 22.7. The molecule has 0 spiro atoms. The highest BCUT2D eigenvalue weighted by Crippen LogP contribution is 2.40. The van der Waals surface area contributed by atoms with Crippen molar-refractivity contribution in [1.82, 2.24) is 15.3 Å². The van der Waals surface area contributed by atoms with Crippen LogP contribution in [0.5, 0.6) is 5.75 Å². The number of nitrogens with zero attached hydrogens (tertiary/aromatic N) is 2. The van der Waals surface area contributed by atoms with Gasteiger partial charge in [-0.3, -0.25) is 9.78 Å². The first-order chi connectivity index (χ1) is 14.7. The molecule has 1 aliphatic heterocycles. The molecule has 0 unspecified atom stereocenters. The minimum Gasteiger partial charge on any atom is -0.489 e. The highest BCUT2D eigenvalue weighted by Gasteiger charge is 2.24. The van der Waals surface area contributed by atoms with Crippen molar-refractivity contribution in [3.8, 4) is 16.9 Å². The number of amides is 1. The highest BCUT2D eigenvalue weighted by atomic mass is 16.5. The molecule has 0 bridgehead atoms. The number of rotatable bonds is 4. The van der Waals surface area contributed by atoms with Crippen LogP contribution >= 0.6 is 0 Å². The monoisotopic (exact) mass is 398 g/mol. The van der Waals surface area contributed by atoms with Crippen LogP contribution in [0.25, 0.3) is 22.0 Å². The summed E-state index contributed by atoms with van der Waals surface area (Å²) in [6.07, 6.45) is 5.41. The second kappa shape index (κ2) is 7.55. The molecule has 0 saturated heterocycles. The van der Waals surface area contributed by atoms with Crippen LogP contribution in [0.2, 0.25) is 0 Å². The van der Waals surface area contributed by atoms with Gasteiger partial charge in [-0.1, -0.05) is 18.2 Å². The Morgan fingerprint density at radius 1 is 1.23 bits per heavy atom. The van der Waals surface area contributed by atoms with Crippen molar-refractivity contribution >= 4 is 22.5 Å². The minimum atomic E-state index is -0.159. The maximum absolute atomic E-state index is 13.2. The van der Waals surface area contributed by atoms with Gasteiger partial charge in [0.2, 0.25) is 0 Å². The molecule has 150 valence electrons. The molecule has 2 aromatic carbocycles. The van der Waals surface area contributed by atoms with Crippen molar-refractivity contribution in [3.05, 3.63) is 78.2 Å². The first-order valence-electron chi connectivity index (χ1n) is 9.96. The number of fused-ring (bicyclic) bond motifs is 2. The van der Waals surface area contributed by atoms with Gasteiger partial charge < -0.3 is 19.9 Å². The predicted molar refractivity (Wildman–Crippen MR) is 118 cm³/mol. The van der Waals surface area contributed by atoms with Crippen LogP contribution in [-0.4, -0.2) is 36.1 Å². The number of likely N-dealkylation sites (N-methyl/N-ethyl adjacent to an activating group) is 1. The SMILES string of the molecule is CN1CCOc2c(C(=O)NCc3cccnc3)cc(-c3cccc4[nH]ccc34)cc21. The van der Waals surface area contributed by atoms with E-state index in [-0.39, 0.29) is 5.91 Å². The largest absolute Gasteiger partial charge is 0.489 e. The summed E-state index contributed by atoms with van der Waals surface area (Å²) in [5.74, 6) is 0.478. The number of ether oxygens (including phenoxy) is 1. The number of benzene rings is 2. The fourth-order valence-corrected chi connectivity index (χ4v) is 3.90. The van der Waals surface area contributed by atoms with Gasteiger partial charge in [-0.25, -0.2) is 0 Å². The lowest BCUT2D eigenvalue weighted by atomic mass is 9.97. The lowest BCUT2D eigenvalue weighted by molar-refractivity contribution is 0.0946. The molecule has 1 amide bonds. The number of hydrogen-bond donors (Lipinski definition) is 2. The number of H-pyrrole nitrogens is 1. The third-order valence-corrected chi connectivity index (χ3v) is 5.48. The number of pyridine rings is 1. The van der Waals surface area contributed by atoms with E-state index >= 15 is 0 Å². The van der Waals surface area contributed by atoms with Gasteiger partial charge in [-0.05, 0) is 47.0 Å². The average Bonchev–Trinajstić information content (AvgIpc) is 3.27. The van der Waals surface area contributed by atoms with Crippen molar-refractivity contribution in [1.29, 1.82) is 0 Å². The molecule has 6 heteroatoms. The Kier molecular flexibility index (Phi) is 4.59. The Morgan fingerprint density at radius 2 is 2.17 bits per heavy atom. The molecular formula is C24H22N4O2. The van der Waals surface area contributed by atoms with E-state index < -0.39 is 0 Å². The number of hydrogen-bond acceptors (Lipinski definition) is 4. The summed E-state index contributed by atoms with van der Waals surface area (Å²) in [5.41, 5.74) is 5.56. The molecule has 2 aromatic heterocycles. The number of nitrogens with one attached hydrogen (secondary N) is 2. The number of anilines is 1. The number of aromatic nitrogens is 2. The first kappa shape index (κ1) is 18.2. The van der Waals surface area contributed by atoms with Crippen molar-refractivity contribution in [3.63, 3.8) is 0 Å². The minimum absolute atomic E-state index is 0.159. The predicted octanol–water partition coefficient (Wildman–Crippen LogP) is 3.99. The van der Waals surface area contributed by atoms with Gasteiger partial charge in [0.05, 0.1) is 17.8 Å². The Hall–Kier alpha value is -3.80.